The molecule has 29 heavy (non-hydrogen) atoms. The summed E-state index contributed by atoms with van der Waals surface area (Å²) in [7, 11) is 4.04. The Kier molecular flexibility index (Phi) is 6.58. The number of non-ortho nitro benzene ring substituents is 1. The number of nitrogens with zero attached hydrogens (tertiary/aromatic N) is 1. The first-order chi connectivity index (χ1) is 13.9. The molecule has 0 radical (unpaired) electrons. The monoisotopic (exact) mass is 398 g/mol. The molecule has 2 aromatic carbocycles. The fourth-order valence-electron chi connectivity index (χ4n) is 3.19. The van der Waals surface area contributed by atoms with Gasteiger partial charge in [-0.2, -0.15) is 0 Å². The average molecular weight is 398 g/mol. The molecule has 0 saturated carbocycles. The van der Waals surface area contributed by atoms with Gasteiger partial charge in [0.25, 0.3) is 5.69 Å². The number of rotatable bonds is 7. The Morgan fingerprint density at radius 3 is 2.76 bits per heavy atom. The Labute approximate surface area is 168 Å². The first kappa shape index (κ1) is 20.5. The van der Waals surface area contributed by atoms with Crippen LogP contribution in [0.2, 0.25) is 0 Å². The second-order valence-electron chi connectivity index (χ2n) is 7.11. The van der Waals surface area contributed by atoms with Crippen LogP contribution in [0, 0.1) is 10.1 Å². The maximum absolute atomic E-state index is 12.6. The minimum atomic E-state index is -0.475. The Morgan fingerprint density at radius 1 is 1.31 bits per heavy atom. The highest BCUT2D eigenvalue weighted by atomic mass is 16.7. The predicted molar refractivity (Wildman–Crippen MR) is 107 cm³/mol. The number of likely N-dealkylation sites (N-methyl/N-ethyl adjacent to an activating group) is 1. The number of amides is 1. The number of hydrogen-bond donors (Lipinski definition) is 2. The van der Waals surface area contributed by atoms with Gasteiger partial charge in [-0.3, -0.25) is 14.9 Å². The Morgan fingerprint density at radius 2 is 2.07 bits per heavy atom. The average Bonchev–Trinajstić information content (AvgIpc) is 2.71. The molecule has 3 rings (SSSR count). The molecule has 0 saturated heterocycles. The summed E-state index contributed by atoms with van der Waals surface area (Å²) in [5, 5.41) is 14.2. The van der Waals surface area contributed by atoms with Crippen LogP contribution in [0.25, 0.3) is 6.08 Å². The van der Waals surface area contributed by atoms with Crippen LogP contribution < -0.4 is 15.0 Å². The van der Waals surface area contributed by atoms with Crippen LogP contribution >= 0.6 is 0 Å². The molecule has 1 atom stereocenters. The number of ether oxygens (including phenoxy) is 2. The molecule has 0 bridgehead atoms. The first-order valence-electron chi connectivity index (χ1n) is 9.28. The van der Waals surface area contributed by atoms with Crippen molar-refractivity contribution in [3.8, 4) is 5.75 Å². The maximum atomic E-state index is 12.6. The summed E-state index contributed by atoms with van der Waals surface area (Å²) in [5.74, 6) is 0.218. The van der Waals surface area contributed by atoms with Gasteiger partial charge in [0.1, 0.15) is 18.3 Å². The molecule has 2 N–H and O–H groups in total. The molecule has 1 aliphatic rings. The van der Waals surface area contributed by atoms with Crippen molar-refractivity contribution in [1.29, 1.82) is 0 Å². The van der Waals surface area contributed by atoms with E-state index in [4.69, 9.17) is 9.47 Å². The van der Waals surface area contributed by atoms with Gasteiger partial charge < -0.3 is 19.7 Å². The molecular formula is C21H24N3O5+. The molecule has 0 fully saturated rings. The van der Waals surface area contributed by atoms with Crippen molar-refractivity contribution in [2.45, 2.75) is 12.6 Å². The van der Waals surface area contributed by atoms with E-state index in [2.05, 4.69) is 5.32 Å². The lowest BCUT2D eigenvalue weighted by atomic mass is 10.1. The summed E-state index contributed by atoms with van der Waals surface area (Å²) in [6.07, 6.45) is 2.91. The standard InChI is InChI=1S/C21H23N3O5/c1-23(2)12-19(15-6-4-3-5-7-15)22-20(25)9-8-16-10-18(24(26)27)11-17-13-28-14-29-21(16)17/h3-11,19H,12-14H2,1-2H3,(H,22,25)/p+1/b9-8+/t19-/m0/s1. The zero-order valence-corrected chi connectivity index (χ0v) is 16.4. The van der Waals surface area contributed by atoms with E-state index in [0.29, 0.717) is 16.9 Å². The van der Waals surface area contributed by atoms with Gasteiger partial charge in [-0.15, -0.1) is 0 Å². The number of hydrogen-bond acceptors (Lipinski definition) is 5. The second-order valence-corrected chi connectivity index (χ2v) is 7.11. The molecule has 1 heterocycles. The molecule has 152 valence electrons. The molecule has 0 aromatic heterocycles. The van der Waals surface area contributed by atoms with Gasteiger partial charge in [0.05, 0.1) is 25.6 Å². The van der Waals surface area contributed by atoms with E-state index < -0.39 is 4.92 Å². The van der Waals surface area contributed by atoms with Crippen molar-refractivity contribution in [3.63, 3.8) is 0 Å². The summed E-state index contributed by atoms with van der Waals surface area (Å²) in [4.78, 5) is 24.5. The fourth-order valence-corrected chi connectivity index (χ4v) is 3.19. The minimum Gasteiger partial charge on any atom is -0.467 e. The molecule has 1 amide bonds. The van der Waals surface area contributed by atoms with Gasteiger partial charge in [0.2, 0.25) is 5.91 Å². The second kappa shape index (κ2) is 9.31. The molecule has 8 heteroatoms. The van der Waals surface area contributed by atoms with Crippen molar-refractivity contribution >= 4 is 17.7 Å². The van der Waals surface area contributed by atoms with Crippen molar-refractivity contribution in [1.82, 2.24) is 5.32 Å². The Hall–Kier alpha value is -3.23. The van der Waals surface area contributed by atoms with Crippen LogP contribution in [0.5, 0.6) is 5.75 Å². The van der Waals surface area contributed by atoms with Crippen molar-refractivity contribution in [2.24, 2.45) is 0 Å². The van der Waals surface area contributed by atoms with E-state index in [9.17, 15) is 14.9 Å². The van der Waals surface area contributed by atoms with Gasteiger partial charge in [-0.1, -0.05) is 30.3 Å². The molecule has 8 nitrogen and oxygen atoms in total. The zero-order valence-electron chi connectivity index (χ0n) is 16.4. The topological polar surface area (TPSA) is 95.1 Å². The largest absolute Gasteiger partial charge is 0.467 e. The van der Waals surface area contributed by atoms with E-state index in [1.807, 2.05) is 44.4 Å². The van der Waals surface area contributed by atoms with Gasteiger partial charge in [-0.05, 0) is 11.6 Å². The summed E-state index contributed by atoms with van der Waals surface area (Å²) >= 11 is 0. The maximum Gasteiger partial charge on any atom is 0.270 e. The van der Waals surface area contributed by atoms with E-state index in [0.717, 1.165) is 12.1 Å². The smallest absolute Gasteiger partial charge is 0.270 e. The lowest BCUT2D eigenvalue weighted by Crippen LogP contribution is -3.06. The predicted octanol–water partition coefficient (Wildman–Crippen LogP) is 1.48. The molecule has 1 aliphatic heterocycles. The van der Waals surface area contributed by atoms with Crippen LogP contribution in [-0.2, 0) is 16.1 Å². The summed E-state index contributed by atoms with van der Waals surface area (Å²) in [5.41, 5.74) is 2.01. The zero-order chi connectivity index (χ0) is 20.8. The van der Waals surface area contributed by atoms with Gasteiger partial charge >= 0.3 is 0 Å². The number of carbonyl (C=O) groups excluding carboxylic acids is 1. The highest BCUT2D eigenvalue weighted by Crippen LogP contribution is 2.33. The van der Waals surface area contributed by atoms with E-state index in [1.165, 1.54) is 29.2 Å². The number of benzene rings is 2. The van der Waals surface area contributed by atoms with E-state index in [-0.39, 0.29) is 31.0 Å². The number of nitro groups is 1. The van der Waals surface area contributed by atoms with Gasteiger partial charge in [0.15, 0.2) is 6.79 Å². The highest BCUT2D eigenvalue weighted by Gasteiger charge is 2.20. The number of carbonyl (C=O) groups is 1. The van der Waals surface area contributed by atoms with Crippen LogP contribution in [-0.4, -0.2) is 38.3 Å². The fraction of sp³-hybridized carbons (Fsp3) is 0.286. The van der Waals surface area contributed by atoms with Crippen LogP contribution in [0.1, 0.15) is 22.7 Å². The third kappa shape index (κ3) is 5.40. The molecular weight excluding hydrogens is 374 g/mol. The van der Waals surface area contributed by atoms with Gasteiger partial charge in [0, 0.05) is 29.3 Å². The van der Waals surface area contributed by atoms with Crippen molar-refractivity contribution in [2.75, 3.05) is 27.4 Å². The van der Waals surface area contributed by atoms with E-state index in [1.54, 1.807) is 0 Å². The Balaban J connectivity index is 1.80. The van der Waals surface area contributed by atoms with Crippen molar-refractivity contribution < 1.29 is 24.1 Å². The Bertz CT molecular complexity index is 912. The van der Waals surface area contributed by atoms with Gasteiger partial charge in [-0.25, -0.2) is 0 Å². The molecule has 0 unspecified atom stereocenters. The molecule has 0 spiro atoms. The third-order valence-corrected chi connectivity index (χ3v) is 4.48. The lowest BCUT2D eigenvalue weighted by molar-refractivity contribution is -0.860. The number of fused-ring (bicyclic) bond motifs is 1. The summed E-state index contributed by atoms with van der Waals surface area (Å²) < 4.78 is 10.7. The van der Waals surface area contributed by atoms with Crippen LogP contribution in [0.4, 0.5) is 5.69 Å². The molecule has 0 aliphatic carbocycles. The normalized spacial score (nSPS) is 14.3. The highest BCUT2D eigenvalue weighted by molar-refractivity contribution is 5.92. The summed E-state index contributed by atoms with van der Waals surface area (Å²) in [6, 6.07) is 12.4. The molecule has 2 aromatic rings. The minimum absolute atomic E-state index is 0.0690. The SMILES string of the molecule is C[NH+](C)C[C@H](NC(=O)/C=C/c1cc([N+](=O)[O-])cc2c1OCOC2)c1ccccc1. The van der Waals surface area contributed by atoms with Crippen molar-refractivity contribution in [3.05, 3.63) is 75.3 Å². The third-order valence-electron chi connectivity index (χ3n) is 4.48. The number of nitro benzene ring substituents is 1. The van der Waals surface area contributed by atoms with E-state index >= 15 is 0 Å². The lowest BCUT2D eigenvalue weighted by Gasteiger charge is -2.20. The summed E-state index contributed by atoms with van der Waals surface area (Å²) in [6.45, 7) is 1.02. The number of quaternary nitrogens is 1. The van der Waals surface area contributed by atoms with Crippen LogP contribution in [0.3, 0.4) is 0 Å². The number of nitrogens with one attached hydrogen (secondary N) is 2. The van der Waals surface area contributed by atoms with Crippen LogP contribution in [0.15, 0.2) is 48.5 Å². The quantitative estimate of drug-likeness (QED) is 0.418. The first-order valence-corrected chi connectivity index (χ1v) is 9.28.